The molecule has 0 bridgehead atoms. The van der Waals surface area contributed by atoms with Crippen molar-refractivity contribution in [3.63, 3.8) is 0 Å². The third kappa shape index (κ3) is 6.87. The van der Waals surface area contributed by atoms with E-state index in [1.54, 1.807) is 49.5 Å². The number of hydrogen-bond acceptors (Lipinski definition) is 4. The van der Waals surface area contributed by atoms with Gasteiger partial charge in [-0.1, -0.05) is 45.0 Å². The zero-order chi connectivity index (χ0) is 24.0. The first kappa shape index (κ1) is 23.9. The number of aromatic nitrogens is 1. The summed E-state index contributed by atoms with van der Waals surface area (Å²) in [7, 11) is 0. The summed E-state index contributed by atoms with van der Waals surface area (Å²) >= 11 is 0. The number of benzene rings is 2. The maximum absolute atomic E-state index is 13.2. The lowest BCUT2D eigenvalue weighted by molar-refractivity contribution is -0.122. The van der Waals surface area contributed by atoms with Crippen molar-refractivity contribution in [2.24, 2.45) is 0 Å². The number of carbonyl (C=O) groups is 2. The molecule has 7 heteroatoms. The fourth-order valence-corrected chi connectivity index (χ4v) is 3.04. The molecule has 0 spiro atoms. The first-order valence-corrected chi connectivity index (χ1v) is 10.7. The van der Waals surface area contributed by atoms with E-state index in [9.17, 15) is 14.0 Å². The average molecular weight is 450 g/mol. The van der Waals surface area contributed by atoms with Gasteiger partial charge >= 0.3 is 0 Å². The van der Waals surface area contributed by atoms with Crippen molar-refractivity contribution < 1.29 is 18.7 Å². The Hall–Kier alpha value is -3.74. The van der Waals surface area contributed by atoms with Gasteiger partial charge in [-0.3, -0.25) is 9.59 Å². The van der Waals surface area contributed by atoms with Crippen LogP contribution >= 0.6 is 0 Å². The largest absolute Gasteiger partial charge is 0.439 e. The molecule has 0 fully saturated rings. The number of ether oxygens (including phenoxy) is 1. The van der Waals surface area contributed by atoms with Gasteiger partial charge in [0.1, 0.15) is 17.6 Å². The molecular formula is C26H28FN3O3. The van der Waals surface area contributed by atoms with Gasteiger partial charge in [0.25, 0.3) is 5.91 Å². The van der Waals surface area contributed by atoms with Crippen molar-refractivity contribution in [3.05, 3.63) is 89.4 Å². The van der Waals surface area contributed by atoms with Crippen LogP contribution in [0.5, 0.6) is 11.6 Å². The van der Waals surface area contributed by atoms with E-state index in [2.05, 4.69) is 36.4 Å². The normalized spacial score (nSPS) is 12.0. The van der Waals surface area contributed by atoms with E-state index in [0.29, 0.717) is 17.2 Å². The first-order chi connectivity index (χ1) is 15.6. The molecule has 33 heavy (non-hydrogen) atoms. The summed E-state index contributed by atoms with van der Waals surface area (Å²) in [5, 5.41) is 5.49. The lowest BCUT2D eigenvalue weighted by Crippen LogP contribution is -2.44. The molecule has 1 unspecified atom stereocenters. The Morgan fingerprint density at radius 2 is 1.79 bits per heavy atom. The number of hydrogen-bond donors (Lipinski definition) is 2. The summed E-state index contributed by atoms with van der Waals surface area (Å²) in [6.07, 6.45) is 1.56. The van der Waals surface area contributed by atoms with Gasteiger partial charge in [-0.2, -0.15) is 0 Å². The third-order valence-electron chi connectivity index (χ3n) is 5.04. The predicted octanol–water partition coefficient (Wildman–Crippen LogP) is 4.75. The van der Waals surface area contributed by atoms with E-state index < -0.39 is 11.9 Å². The molecule has 1 aromatic heterocycles. The summed E-state index contributed by atoms with van der Waals surface area (Å²) in [5.74, 6) is -0.349. The SMILES string of the molecule is CC(NC(=O)c1ccc(C(C)(C)C)cc1)C(=O)NCc1ccc(Oc2cccc(F)c2)nc1. The average Bonchev–Trinajstić information content (AvgIpc) is 2.78. The van der Waals surface area contributed by atoms with Crippen LogP contribution in [0.1, 0.15) is 49.2 Å². The van der Waals surface area contributed by atoms with Crippen LogP contribution in [0.2, 0.25) is 0 Å². The molecule has 3 rings (SSSR count). The highest BCUT2D eigenvalue weighted by Crippen LogP contribution is 2.22. The van der Waals surface area contributed by atoms with Crippen molar-refractivity contribution in [2.75, 3.05) is 0 Å². The van der Waals surface area contributed by atoms with Crippen LogP contribution < -0.4 is 15.4 Å². The maximum atomic E-state index is 13.2. The van der Waals surface area contributed by atoms with E-state index in [0.717, 1.165) is 11.1 Å². The van der Waals surface area contributed by atoms with Crippen molar-refractivity contribution in [1.29, 1.82) is 0 Å². The van der Waals surface area contributed by atoms with Crippen LogP contribution in [0.3, 0.4) is 0 Å². The number of halogens is 1. The van der Waals surface area contributed by atoms with E-state index >= 15 is 0 Å². The Morgan fingerprint density at radius 3 is 2.39 bits per heavy atom. The van der Waals surface area contributed by atoms with Crippen molar-refractivity contribution in [1.82, 2.24) is 15.6 Å². The number of nitrogens with one attached hydrogen (secondary N) is 2. The van der Waals surface area contributed by atoms with Crippen LogP contribution in [0.15, 0.2) is 66.9 Å². The molecule has 3 aromatic rings. The molecular weight excluding hydrogens is 421 g/mol. The highest BCUT2D eigenvalue weighted by Gasteiger charge is 2.18. The minimum Gasteiger partial charge on any atom is -0.439 e. The smallest absolute Gasteiger partial charge is 0.251 e. The van der Waals surface area contributed by atoms with E-state index in [-0.39, 0.29) is 23.8 Å². The number of amides is 2. The van der Waals surface area contributed by atoms with Gasteiger partial charge in [0.2, 0.25) is 11.8 Å². The topological polar surface area (TPSA) is 80.3 Å². The summed E-state index contributed by atoms with van der Waals surface area (Å²) in [6.45, 7) is 8.19. The van der Waals surface area contributed by atoms with Gasteiger partial charge in [-0.15, -0.1) is 0 Å². The second kappa shape index (κ2) is 10.3. The highest BCUT2D eigenvalue weighted by molar-refractivity contribution is 5.97. The lowest BCUT2D eigenvalue weighted by atomic mass is 9.86. The van der Waals surface area contributed by atoms with Crippen LogP contribution in [-0.2, 0) is 16.8 Å². The van der Waals surface area contributed by atoms with Crippen LogP contribution in [0.25, 0.3) is 0 Å². The van der Waals surface area contributed by atoms with Crippen molar-refractivity contribution in [3.8, 4) is 11.6 Å². The molecule has 0 aliphatic carbocycles. The van der Waals surface area contributed by atoms with Gasteiger partial charge in [-0.05, 0) is 47.7 Å². The molecule has 0 saturated carbocycles. The molecule has 172 valence electrons. The summed E-state index contributed by atoms with van der Waals surface area (Å²) in [5.41, 5.74) is 2.39. The molecule has 2 N–H and O–H groups in total. The minimum absolute atomic E-state index is 0.000829. The number of carbonyl (C=O) groups excluding carboxylic acids is 2. The van der Waals surface area contributed by atoms with Crippen LogP contribution in [0, 0.1) is 5.82 Å². The Balaban J connectivity index is 1.49. The quantitative estimate of drug-likeness (QED) is 0.546. The van der Waals surface area contributed by atoms with Gasteiger partial charge < -0.3 is 15.4 Å². The van der Waals surface area contributed by atoms with Gasteiger partial charge in [-0.25, -0.2) is 9.37 Å². The molecule has 6 nitrogen and oxygen atoms in total. The fourth-order valence-electron chi connectivity index (χ4n) is 3.04. The highest BCUT2D eigenvalue weighted by atomic mass is 19.1. The van der Waals surface area contributed by atoms with E-state index in [1.165, 1.54) is 12.1 Å². The summed E-state index contributed by atoms with van der Waals surface area (Å²) < 4.78 is 18.7. The Kier molecular flexibility index (Phi) is 7.43. The maximum Gasteiger partial charge on any atom is 0.251 e. The third-order valence-corrected chi connectivity index (χ3v) is 5.04. The Morgan fingerprint density at radius 1 is 1.06 bits per heavy atom. The Bertz CT molecular complexity index is 1110. The molecule has 0 aliphatic rings. The molecule has 0 aliphatic heterocycles. The van der Waals surface area contributed by atoms with Crippen molar-refractivity contribution >= 4 is 11.8 Å². The molecule has 1 atom stereocenters. The second-order valence-corrected chi connectivity index (χ2v) is 8.80. The summed E-state index contributed by atoms with van der Waals surface area (Å²) in [6, 6.07) is 15.8. The molecule has 0 radical (unpaired) electrons. The fraction of sp³-hybridized carbons (Fsp3) is 0.269. The molecule has 2 aromatic carbocycles. The predicted molar refractivity (Wildman–Crippen MR) is 125 cm³/mol. The zero-order valence-corrected chi connectivity index (χ0v) is 19.2. The van der Waals surface area contributed by atoms with Crippen LogP contribution in [-0.4, -0.2) is 22.8 Å². The number of nitrogens with zero attached hydrogens (tertiary/aromatic N) is 1. The zero-order valence-electron chi connectivity index (χ0n) is 19.2. The number of rotatable bonds is 7. The monoisotopic (exact) mass is 449 g/mol. The first-order valence-electron chi connectivity index (χ1n) is 10.7. The second-order valence-electron chi connectivity index (χ2n) is 8.80. The molecule has 0 saturated heterocycles. The standard InChI is InChI=1S/C26H28FN3O3/c1-17(30-25(32)19-9-11-20(12-10-19)26(2,3)4)24(31)29-16-18-8-13-23(28-15-18)33-22-7-5-6-21(27)14-22/h5-15,17H,16H2,1-4H3,(H,29,31)(H,30,32). The van der Waals surface area contributed by atoms with E-state index in [1.807, 2.05) is 12.1 Å². The lowest BCUT2D eigenvalue weighted by Gasteiger charge is -2.19. The van der Waals surface area contributed by atoms with Gasteiger partial charge in [0.05, 0.1) is 0 Å². The summed E-state index contributed by atoms with van der Waals surface area (Å²) in [4.78, 5) is 29.0. The van der Waals surface area contributed by atoms with Gasteiger partial charge in [0, 0.05) is 30.4 Å². The van der Waals surface area contributed by atoms with Crippen LogP contribution in [0.4, 0.5) is 4.39 Å². The molecule has 2 amide bonds. The number of pyridine rings is 1. The minimum atomic E-state index is -0.705. The van der Waals surface area contributed by atoms with E-state index in [4.69, 9.17) is 4.74 Å². The molecule has 1 heterocycles. The Labute approximate surface area is 193 Å². The van der Waals surface area contributed by atoms with Gasteiger partial charge in [0.15, 0.2) is 0 Å². The van der Waals surface area contributed by atoms with Crippen molar-refractivity contribution in [2.45, 2.75) is 45.7 Å².